The number of hydrogen-bond acceptors (Lipinski definition) is 6. The van der Waals surface area contributed by atoms with E-state index in [0.717, 1.165) is 58.1 Å². The van der Waals surface area contributed by atoms with Crippen LogP contribution in [0.3, 0.4) is 0 Å². The van der Waals surface area contributed by atoms with Crippen molar-refractivity contribution in [3.63, 3.8) is 0 Å². The van der Waals surface area contributed by atoms with Crippen LogP contribution in [0.25, 0.3) is 33.8 Å². The number of benzene rings is 1. The quantitative estimate of drug-likeness (QED) is 0.399. The normalized spacial score (nSPS) is 16.7. The molecule has 2 atom stereocenters. The van der Waals surface area contributed by atoms with Crippen LogP contribution in [0, 0.1) is 6.92 Å². The highest BCUT2D eigenvalue weighted by molar-refractivity contribution is 7.78. The third-order valence-corrected chi connectivity index (χ3v) is 6.32. The molecule has 1 unspecified atom stereocenters. The molecule has 1 aromatic carbocycles. The molecule has 0 spiro atoms. The summed E-state index contributed by atoms with van der Waals surface area (Å²) in [4.78, 5) is 9.25. The lowest BCUT2D eigenvalue weighted by Gasteiger charge is -2.08. The zero-order valence-corrected chi connectivity index (χ0v) is 19.0. The Balaban J connectivity index is 1.55. The molecule has 0 N–H and O–H groups in total. The number of aryl methyl sites for hydroxylation is 1. The van der Waals surface area contributed by atoms with Crippen molar-refractivity contribution in [2.45, 2.75) is 25.1 Å². The van der Waals surface area contributed by atoms with Gasteiger partial charge in [0.05, 0.1) is 24.0 Å². The highest BCUT2D eigenvalue weighted by Gasteiger charge is 2.22. The van der Waals surface area contributed by atoms with Gasteiger partial charge < -0.3 is 9.29 Å². The van der Waals surface area contributed by atoms with Gasteiger partial charge in [-0.25, -0.2) is 0 Å². The molecule has 0 saturated carbocycles. The molecule has 1 aliphatic rings. The molecule has 0 aliphatic carbocycles. The van der Waals surface area contributed by atoms with E-state index in [-0.39, 0.29) is 11.8 Å². The molecule has 168 valence electrons. The maximum Gasteiger partial charge on any atom is 0.119 e. The standard InChI is InChI=1S/C25H24N4O3S/c1-17-3-2-4-23(27-17)25-22(14-29(28-25)21-10-12-32-15-21)20-9-11-26-24(13-20)19-7-5-18(6-8-19)16-33(30)31/h2-9,11,13-14,21H,10,12,15-16H2,1H3,(H,30,31)/p-1/t21-/m1/s1. The van der Waals surface area contributed by atoms with Crippen molar-refractivity contribution in [3.05, 3.63) is 78.2 Å². The van der Waals surface area contributed by atoms with Crippen molar-refractivity contribution in [3.8, 4) is 33.8 Å². The topological polar surface area (TPSA) is 93.0 Å². The first kappa shape index (κ1) is 21.6. The molecule has 3 aromatic heterocycles. The van der Waals surface area contributed by atoms with Gasteiger partial charge in [-0.1, -0.05) is 41.4 Å². The van der Waals surface area contributed by atoms with E-state index in [2.05, 4.69) is 11.2 Å². The van der Waals surface area contributed by atoms with Gasteiger partial charge in [0.2, 0.25) is 0 Å². The first-order valence-corrected chi connectivity index (χ1v) is 12.0. The van der Waals surface area contributed by atoms with Crippen LogP contribution in [-0.2, 0) is 21.6 Å². The van der Waals surface area contributed by atoms with E-state index in [0.29, 0.717) is 6.61 Å². The number of nitrogens with zero attached hydrogens (tertiary/aromatic N) is 4. The van der Waals surface area contributed by atoms with Crippen molar-refractivity contribution < 1.29 is 13.5 Å². The second-order valence-corrected chi connectivity index (χ2v) is 9.02. The van der Waals surface area contributed by atoms with Gasteiger partial charge in [-0.3, -0.25) is 18.9 Å². The summed E-state index contributed by atoms with van der Waals surface area (Å²) in [5, 5.41) is 4.92. The molecule has 33 heavy (non-hydrogen) atoms. The fourth-order valence-electron chi connectivity index (χ4n) is 4.05. The van der Waals surface area contributed by atoms with E-state index >= 15 is 0 Å². The molecule has 0 amide bonds. The van der Waals surface area contributed by atoms with Crippen LogP contribution < -0.4 is 0 Å². The summed E-state index contributed by atoms with van der Waals surface area (Å²) < 4.78 is 29.5. The molecule has 8 heteroatoms. The van der Waals surface area contributed by atoms with Crippen molar-refractivity contribution in [2.75, 3.05) is 13.2 Å². The van der Waals surface area contributed by atoms with Gasteiger partial charge in [0.1, 0.15) is 5.69 Å². The van der Waals surface area contributed by atoms with Crippen LogP contribution in [0.4, 0.5) is 0 Å². The summed E-state index contributed by atoms with van der Waals surface area (Å²) in [7, 11) is 0. The summed E-state index contributed by atoms with van der Waals surface area (Å²) in [5.41, 5.74) is 7.05. The fourth-order valence-corrected chi connectivity index (χ4v) is 4.51. The molecule has 1 aliphatic heterocycles. The molecular weight excluding hydrogens is 436 g/mol. The van der Waals surface area contributed by atoms with Crippen LogP contribution in [0.5, 0.6) is 0 Å². The molecule has 1 fully saturated rings. The molecule has 4 heterocycles. The maximum absolute atomic E-state index is 11.0. The summed E-state index contributed by atoms with van der Waals surface area (Å²) in [6, 6.07) is 17.6. The highest BCUT2D eigenvalue weighted by atomic mass is 32.2. The smallest absolute Gasteiger partial charge is 0.119 e. The Morgan fingerprint density at radius 1 is 1.12 bits per heavy atom. The van der Waals surface area contributed by atoms with Crippen LogP contribution >= 0.6 is 0 Å². The minimum atomic E-state index is -2.11. The highest BCUT2D eigenvalue weighted by Crippen LogP contribution is 2.34. The third kappa shape index (κ3) is 4.78. The SMILES string of the molecule is Cc1cccc(-c2nn([C@@H]3CCOC3)cc2-c2ccnc(-c3ccc(CS(=O)[O-])cc3)c2)n1. The van der Waals surface area contributed by atoms with Crippen molar-refractivity contribution in [2.24, 2.45) is 0 Å². The molecule has 5 rings (SSSR count). The van der Waals surface area contributed by atoms with Crippen molar-refractivity contribution in [1.82, 2.24) is 19.7 Å². The largest absolute Gasteiger partial charge is 0.772 e. The average molecular weight is 460 g/mol. The Hall–Kier alpha value is -3.20. The number of ether oxygens (including phenoxy) is 1. The molecular formula is C25H23N4O3S-. The summed E-state index contributed by atoms with van der Waals surface area (Å²) in [5.74, 6) is 0.00463. The molecule has 0 radical (unpaired) electrons. The van der Waals surface area contributed by atoms with Gasteiger partial charge in [-0.2, -0.15) is 5.10 Å². The lowest BCUT2D eigenvalue weighted by molar-refractivity contribution is 0.184. The minimum absolute atomic E-state index is 0.00463. The van der Waals surface area contributed by atoms with Gasteiger partial charge in [-0.15, -0.1) is 0 Å². The van der Waals surface area contributed by atoms with Crippen LogP contribution in [0.1, 0.15) is 23.7 Å². The van der Waals surface area contributed by atoms with Gasteiger partial charge in [0.15, 0.2) is 0 Å². The number of pyridine rings is 2. The fraction of sp³-hybridized carbons (Fsp3) is 0.240. The summed E-state index contributed by atoms with van der Waals surface area (Å²) in [6.07, 6.45) is 4.79. The van der Waals surface area contributed by atoms with Crippen LogP contribution in [0.15, 0.2) is 67.0 Å². The third-order valence-electron chi connectivity index (χ3n) is 5.75. The zero-order valence-electron chi connectivity index (χ0n) is 18.2. The maximum atomic E-state index is 11.0. The molecule has 0 bridgehead atoms. The Bertz CT molecular complexity index is 1300. The van der Waals surface area contributed by atoms with Gasteiger partial charge in [-0.05, 0) is 48.7 Å². The van der Waals surface area contributed by atoms with Crippen molar-refractivity contribution in [1.29, 1.82) is 0 Å². The summed E-state index contributed by atoms with van der Waals surface area (Å²) in [6.45, 7) is 3.37. The van der Waals surface area contributed by atoms with Crippen LogP contribution in [0.2, 0.25) is 0 Å². The van der Waals surface area contributed by atoms with Crippen LogP contribution in [-0.4, -0.2) is 41.7 Å². The average Bonchev–Trinajstić information content (AvgIpc) is 3.50. The first-order valence-electron chi connectivity index (χ1n) is 10.8. The lowest BCUT2D eigenvalue weighted by Crippen LogP contribution is -2.09. The Kier molecular flexibility index (Phi) is 6.13. The first-order chi connectivity index (χ1) is 16.1. The van der Waals surface area contributed by atoms with E-state index < -0.39 is 11.1 Å². The number of aromatic nitrogens is 4. The van der Waals surface area contributed by atoms with Gasteiger partial charge >= 0.3 is 0 Å². The van der Waals surface area contributed by atoms with E-state index in [9.17, 15) is 8.76 Å². The minimum Gasteiger partial charge on any atom is -0.772 e. The predicted molar refractivity (Wildman–Crippen MR) is 126 cm³/mol. The van der Waals surface area contributed by atoms with Crippen molar-refractivity contribution >= 4 is 11.1 Å². The second-order valence-electron chi connectivity index (χ2n) is 8.13. The van der Waals surface area contributed by atoms with Gasteiger partial charge in [0.25, 0.3) is 0 Å². The van der Waals surface area contributed by atoms with E-state index in [1.165, 1.54) is 0 Å². The molecule has 1 saturated heterocycles. The Morgan fingerprint density at radius 3 is 2.70 bits per heavy atom. The monoisotopic (exact) mass is 459 g/mol. The summed E-state index contributed by atoms with van der Waals surface area (Å²) >= 11 is -2.11. The molecule has 4 aromatic rings. The predicted octanol–water partition coefficient (Wildman–Crippen LogP) is 4.32. The lowest BCUT2D eigenvalue weighted by atomic mass is 10.0. The van der Waals surface area contributed by atoms with E-state index in [4.69, 9.17) is 14.8 Å². The Morgan fingerprint density at radius 2 is 1.97 bits per heavy atom. The van der Waals surface area contributed by atoms with Gasteiger partial charge in [0, 0.05) is 41.6 Å². The zero-order chi connectivity index (χ0) is 22.8. The van der Waals surface area contributed by atoms with E-state index in [1.54, 1.807) is 6.20 Å². The number of hydrogen-bond donors (Lipinski definition) is 0. The second kappa shape index (κ2) is 9.35. The molecule has 7 nitrogen and oxygen atoms in total. The van der Waals surface area contributed by atoms with E-state index in [1.807, 2.05) is 66.2 Å². The number of rotatable bonds is 6. The Labute approximate surface area is 194 Å².